The summed E-state index contributed by atoms with van der Waals surface area (Å²) in [6.07, 6.45) is 46.8. The summed E-state index contributed by atoms with van der Waals surface area (Å²) in [6, 6.07) is 0. The van der Waals surface area contributed by atoms with Crippen LogP contribution in [0.1, 0.15) is 304 Å². The predicted octanol–water partition coefficient (Wildman–Crippen LogP) is 17.8. The van der Waals surface area contributed by atoms with Gasteiger partial charge in [0.15, 0.2) is 0 Å². The first-order valence-electron chi connectivity index (χ1n) is 30.9. The van der Waals surface area contributed by atoms with Crippen molar-refractivity contribution in [3.8, 4) is 0 Å². The Morgan fingerprint density at radius 3 is 1.08 bits per heavy atom. The minimum absolute atomic E-state index is 0.0212. The lowest BCUT2D eigenvalue weighted by Crippen LogP contribution is -2.37. The number of ether oxygens (including phenoxy) is 4. The Morgan fingerprint density at radius 1 is 0.361 bits per heavy atom. The van der Waals surface area contributed by atoms with Gasteiger partial charge in [-0.2, -0.15) is 0 Å². The molecule has 0 aliphatic carbocycles. The third-order valence-electron chi connectivity index (χ3n) is 14.0. The number of allylic oxidation sites excluding steroid dienone is 1. The summed E-state index contributed by atoms with van der Waals surface area (Å²) in [6.45, 7) is 13.5. The zero-order valence-corrected chi connectivity index (χ0v) is 48.6. The van der Waals surface area contributed by atoms with Gasteiger partial charge < -0.3 is 28.7 Å². The van der Waals surface area contributed by atoms with Crippen molar-refractivity contribution in [2.45, 2.75) is 323 Å². The molecule has 0 aromatic carbocycles. The number of esters is 3. The van der Waals surface area contributed by atoms with Crippen molar-refractivity contribution in [2.24, 2.45) is 0 Å². The van der Waals surface area contributed by atoms with Gasteiger partial charge in [-0.1, -0.05) is 182 Å². The van der Waals surface area contributed by atoms with Gasteiger partial charge >= 0.3 is 24.0 Å². The number of rotatable bonds is 54. The third kappa shape index (κ3) is 47.1. The molecule has 10 nitrogen and oxygen atoms in total. The smallest absolute Gasteiger partial charge is 0.410 e. The standard InChI is InChI=1S/C62H118N2O8/c1-8-13-18-31-43-56(44-32-19-14-9-2)70-60(66)50-37-28-24-22-26-35-47-58(72-62(68)64(54-42-52-63(6)7)53-40-30-39-49-59(65)69-55-41-17-12-5)48-36-27-23-25-29-38-51-61(67)71-57(45-33-20-15-10-3)46-34-21-16-11-4/h17,41,56-58H,8-16,18-40,42-55H2,1-7H3/b41-17-. The van der Waals surface area contributed by atoms with Gasteiger partial charge in [-0.15, -0.1) is 0 Å². The molecule has 72 heavy (non-hydrogen) atoms. The van der Waals surface area contributed by atoms with E-state index in [-0.39, 0.29) is 42.3 Å². The lowest BCUT2D eigenvalue weighted by Gasteiger charge is -2.26. The van der Waals surface area contributed by atoms with Crippen LogP contribution in [0.3, 0.4) is 0 Å². The molecule has 0 atom stereocenters. The van der Waals surface area contributed by atoms with Gasteiger partial charge in [0.05, 0.1) is 0 Å². The summed E-state index contributed by atoms with van der Waals surface area (Å²) in [7, 11) is 4.12. The van der Waals surface area contributed by atoms with Crippen LogP contribution in [0.2, 0.25) is 0 Å². The Bertz CT molecular complexity index is 1180. The molecule has 0 saturated carbocycles. The second-order valence-electron chi connectivity index (χ2n) is 21.5. The summed E-state index contributed by atoms with van der Waals surface area (Å²) in [5.74, 6) is -0.213. The van der Waals surface area contributed by atoms with Gasteiger partial charge in [-0.25, -0.2) is 4.79 Å². The molecule has 0 heterocycles. The van der Waals surface area contributed by atoms with E-state index in [1.165, 1.54) is 77.0 Å². The van der Waals surface area contributed by atoms with Crippen LogP contribution < -0.4 is 0 Å². The topological polar surface area (TPSA) is 112 Å². The Labute approximate surface area is 445 Å². The van der Waals surface area contributed by atoms with E-state index < -0.39 is 0 Å². The molecule has 10 heteroatoms. The van der Waals surface area contributed by atoms with Crippen molar-refractivity contribution < 1.29 is 38.1 Å². The van der Waals surface area contributed by atoms with Gasteiger partial charge in [0.2, 0.25) is 0 Å². The van der Waals surface area contributed by atoms with Gasteiger partial charge in [-0.05, 0) is 136 Å². The molecule has 0 aliphatic rings. The van der Waals surface area contributed by atoms with Crippen LogP contribution in [-0.4, -0.2) is 92.4 Å². The van der Waals surface area contributed by atoms with Crippen LogP contribution in [0, 0.1) is 0 Å². The summed E-state index contributed by atoms with van der Waals surface area (Å²) in [4.78, 5) is 55.8. The van der Waals surface area contributed by atoms with Crippen molar-refractivity contribution in [2.75, 3.05) is 40.3 Å². The first-order valence-corrected chi connectivity index (χ1v) is 30.9. The predicted molar refractivity (Wildman–Crippen MR) is 303 cm³/mol. The number of amides is 1. The Hall–Kier alpha value is -2.62. The van der Waals surface area contributed by atoms with Crippen molar-refractivity contribution in [3.05, 3.63) is 12.2 Å². The van der Waals surface area contributed by atoms with Crippen LogP contribution in [0.4, 0.5) is 4.79 Å². The first kappa shape index (κ1) is 69.4. The minimum atomic E-state index is -0.215. The van der Waals surface area contributed by atoms with Crippen LogP contribution in [0.5, 0.6) is 0 Å². The van der Waals surface area contributed by atoms with E-state index in [4.69, 9.17) is 18.9 Å². The quantitative estimate of drug-likeness (QED) is 0.0254. The van der Waals surface area contributed by atoms with Crippen molar-refractivity contribution in [1.29, 1.82) is 0 Å². The average Bonchev–Trinajstić information content (AvgIpc) is 3.36. The number of hydrogen-bond acceptors (Lipinski definition) is 9. The van der Waals surface area contributed by atoms with Crippen LogP contribution in [0.15, 0.2) is 12.2 Å². The molecular weight excluding hydrogens is 901 g/mol. The Kier molecular flexibility index (Phi) is 51.3. The number of carbonyl (C=O) groups excluding carboxylic acids is 4. The summed E-state index contributed by atoms with van der Waals surface area (Å²) < 4.78 is 23.7. The highest BCUT2D eigenvalue weighted by atomic mass is 16.6. The molecule has 0 unspecified atom stereocenters. The molecule has 0 N–H and O–H groups in total. The zero-order chi connectivity index (χ0) is 53.0. The van der Waals surface area contributed by atoms with E-state index in [0.29, 0.717) is 39.0 Å². The number of nitrogens with zero attached hydrogens (tertiary/aromatic N) is 2. The minimum Gasteiger partial charge on any atom is -0.462 e. The molecule has 0 bridgehead atoms. The molecule has 0 rings (SSSR count). The molecular formula is C62H118N2O8. The molecule has 0 radical (unpaired) electrons. The lowest BCUT2D eigenvalue weighted by atomic mass is 10.0. The maximum absolute atomic E-state index is 13.9. The van der Waals surface area contributed by atoms with Crippen molar-refractivity contribution in [1.82, 2.24) is 9.80 Å². The van der Waals surface area contributed by atoms with Crippen LogP contribution in [0.25, 0.3) is 0 Å². The first-order chi connectivity index (χ1) is 35.1. The van der Waals surface area contributed by atoms with E-state index in [9.17, 15) is 19.2 Å². The highest BCUT2D eigenvalue weighted by molar-refractivity contribution is 5.70. The molecule has 0 aromatic rings. The maximum Gasteiger partial charge on any atom is 0.410 e. The highest BCUT2D eigenvalue weighted by Crippen LogP contribution is 2.22. The number of unbranched alkanes of at least 4 members (excludes halogenated alkanes) is 24. The molecule has 1 amide bonds. The largest absolute Gasteiger partial charge is 0.462 e. The number of carbonyl (C=O) groups is 4. The van der Waals surface area contributed by atoms with E-state index in [0.717, 1.165) is 180 Å². The molecule has 0 saturated heterocycles. The van der Waals surface area contributed by atoms with Crippen LogP contribution >= 0.6 is 0 Å². The van der Waals surface area contributed by atoms with E-state index in [2.05, 4.69) is 53.6 Å². The SMILES string of the molecule is CC/C=C\COC(=O)CCCCCN(CCCN(C)C)C(=O)OC(CCCCCCCCC(=O)OC(CCCCCC)CCCCCC)CCCCCCCCC(=O)OC(CCCCCC)CCCCCC. The fraction of sp³-hybridized carbons (Fsp3) is 0.903. The molecule has 0 spiro atoms. The normalized spacial score (nSPS) is 11.7. The Morgan fingerprint density at radius 2 is 0.694 bits per heavy atom. The molecule has 0 aliphatic heterocycles. The zero-order valence-electron chi connectivity index (χ0n) is 48.6. The number of hydrogen-bond donors (Lipinski definition) is 0. The molecule has 424 valence electrons. The van der Waals surface area contributed by atoms with Crippen LogP contribution in [-0.2, 0) is 33.3 Å². The maximum atomic E-state index is 13.9. The van der Waals surface area contributed by atoms with Gasteiger partial charge in [0, 0.05) is 32.4 Å². The third-order valence-corrected chi connectivity index (χ3v) is 14.0. The van der Waals surface area contributed by atoms with Crippen molar-refractivity contribution in [3.63, 3.8) is 0 Å². The monoisotopic (exact) mass is 1020 g/mol. The second kappa shape index (κ2) is 53.2. The second-order valence-corrected chi connectivity index (χ2v) is 21.5. The van der Waals surface area contributed by atoms with E-state index >= 15 is 0 Å². The van der Waals surface area contributed by atoms with E-state index in [1.807, 2.05) is 17.1 Å². The summed E-state index contributed by atoms with van der Waals surface area (Å²) in [5, 5.41) is 0. The fourth-order valence-corrected chi connectivity index (χ4v) is 9.45. The lowest BCUT2D eigenvalue weighted by molar-refractivity contribution is -0.151. The van der Waals surface area contributed by atoms with E-state index in [1.54, 1.807) is 0 Å². The van der Waals surface area contributed by atoms with Gasteiger partial charge in [0.25, 0.3) is 0 Å². The average molecular weight is 1020 g/mol. The summed E-state index contributed by atoms with van der Waals surface area (Å²) >= 11 is 0. The summed E-state index contributed by atoms with van der Waals surface area (Å²) in [5.41, 5.74) is 0. The molecule has 0 fully saturated rings. The van der Waals surface area contributed by atoms with Gasteiger partial charge in [0.1, 0.15) is 24.9 Å². The molecule has 0 aromatic heterocycles. The Balaban J connectivity index is 5.19. The fourth-order valence-electron chi connectivity index (χ4n) is 9.45. The highest BCUT2D eigenvalue weighted by Gasteiger charge is 2.21. The van der Waals surface area contributed by atoms with Crippen molar-refractivity contribution >= 4 is 24.0 Å². The van der Waals surface area contributed by atoms with Gasteiger partial charge in [-0.3, -0.25) is 14.4 Å².